The van der Waals surface area contributed by atoms with Crippen LogP contribution in [0.2, 0.25) is 0 Å². The third-order valence-corrected chi connectivity index (χ3v) is 5.72. The molecule has 0 radical (unpaired) electrons. The van der Waals surface area contributed by atoms with Gasteiger partial charge < -0.3 is 14.8 Å². The minimum atomic E-state index is -0.0268. The molecule has 0 bridgehead atoms. The predicted molar refractivity (Wildman–Crippen MR) is 121 cm³/mol. The SMILES string of the molecule is CCN(CC(=O)Nc1cc(-c2nnc3n2CCCCC3)ccc1C)c1ccccc1. The summed E-state index contributed by atoms with van der Waals surface area (Å²) in [6.45, 7) is 6.10. The van der Waals surface area contributed by atoms with Crippen molar-refractivity contribution in [1.82, 2.24) is 14.8 Å². The van der Waals surface area contributed by atoms with Gasteiger partial charge in [0.15, 0.2) is 5.82 Å². The molecule has 0 saturated heterocycles. The maximum Gasteiger partial charge on any atom is 0.243 e. The summed E-state index contributed by atoms with van der Waals surface area (Å²) in [6, 6.07) is 16.1. The van der Waals surface area contributed by atoms with E-state index in [1.807, 2.05) is 49.4 Å². The second-order valence-corrected chi connectivity index (χ2v) is 7.83. The molecular weight excluding hydrogens is 374 g/mol. The lowest BCUT2D eigenvalue weighted by Crippen LogP contribution is -2.33. The van der Waals surface area contributed by atoms with Crippen molar-refractivity contribution in [1.29, 1.82) is 0 Å². The Labute approximate surface area is 177 Å². The molecule has 3 aromatic rings. The molecule has 156 valence electrons. The van der Waals surface area contributed by atoms with Crippen LogP contribution in [-0.2, 0) is 17.8 Å². The first kappa shape index (κ1) is 20.1. The molecule has 4 rings (SSSR count). The van der Waals surface area contributed by atoms with Crippen molar-refractivity contribution in [2.75, 3.05) is 23.3 Å². The molecule has 0 aliphatic carbocycles. The summed E-state index contributed by atoms with van der Waals surface area (Å²) in [4.78, 5) is 14.9. The maximum absolute atomic E-state index is 12.8. The largest absolute Gasteiger partial charge is 0.362 e. The van der Waals surface area contributed by atoms with Gasteiger partial charge in [-0.25, -0.2) is 0 Å². The minimum Gasteiger partial charge on any atom is -0.362 e. The number of hydrogen-bond acceptors (Lipinski definition) is 4. The van der Waals surface area contributed by atoms with E-state index < -0.39 is 0 Å². The number of carbonyl (C=O) groups is 1. The zero-order valence-electron chi connectivity index (χ0n) is 17.8. The Morgan fingerprint density at radius 2 is 1.93 bits per heavy atom. The highest BCUT2D eigenvalue weighted by Gasteiger charge is 2.17. The average molecular weight is 404 g/mol. The van der Waals surface area contributed by atoms with Crippen molar-refractivity contribution >= 4 is 17.3 Å². The van der Waals surface area contributed by atoms with Crippen LogP contribution in [-0.4, -0.2) is 33.8 Å². The standard InChI is InChI=1S/C24H29N5O/c1-3-28(20-10-6-4-7-11-20)17-23(30)25-21-16-19(14-13-18(21)2)24-27-26-22-12-8-5-9-15-29(22)24/h4,6-7,10-11,13-14,16H,3,5,8-9,12,15,17H2,1-2H3,(H,25,30). The predicted octanol–water partition coefficient (Wildman–Crippen LogP) is 4.44. The molecule has 1 N–H and O–H groups in total. The van der Waals surface area contributed by atoms with Crippen LogP contribution in [0.4, 0.5) is 11.4 Å². The Kier molecular flexibility index (Phi) is 6.12. The fraction of sp³-hybridized carbons (Fsp3) is 0.375. The van der Waals surface area contributed by atoms with Gasteiger partial charge in [-0.3, -0.25) is 4.79 Å². The number of fused-ring (bicyclic) bond motifs is 1. The average Bonchev–Trinajstić information content (AvgIpc) is 3.02. The van der Waals surface area contributed by atoms with Crippen molar-refractivity contribution in [2.24, 2.45) is 0 Å². The van der Waals surface area contributed by atoms with Gasteiger partial charge in [0, 0.05) is 36.4 Å². The van der Waals surface area contributed by atoms with E-state index in [2.05, 4.69) is 38.0 Å². The van der Waals surface area contributed by atoms with Crippen LogP contribution < -0.4 is 10.2 Å². The smallest absolute Gasteiger partial charge is 0.243 e. The van der Waals surface area contributed by atoms with Gasteiger partial charge in [0.05, 0.1) is 6.54 Å². The number of benzene rings is 2. The Balaban J connectivity index is 1.53. The minimum absolute atomic E-state index is 0.0268. The molecule has 6 heteroatoms. The second kappa shape index (κ2) is 9.11. The van der Waals surface area contributed by atoms with Crippen molar-refractivity contribution in [3.8, 4) is 11.4 Å². The van der Waals surface area contributed by atoms with Crippen LogP contribution in [0.1, 0.15) is 37.6 Å². The summed E-state index contributed by atoms with van der Waals surface area (Å²) in [6.07, 6.45) is 4.53. The molecule has 2 heterocycles. The third kappa shape index (κ3) is 4.37. The van der Waals surface area contributed by atoms with Crippen LogP contribution >= 0.6 is 0 Å². The fourth-order valence-electron chi connectivity index (χ4n) is 3.98. The molecule has 1 aliphatic rings. The molecule has 1 amide bonds. The van der Waals surface area contributed by atoms with Crippen molar-refractivity contribution in [3.05, 3.63) is 59.9 Å². The monoisotopic (exact) mass is 403 g/mol. The zero-order chi connectivity index (χ0) is 20.9. The van der Waals surface area contributed by atoms with Gasteiger partial charge in [0.25, 0.3) is 0 Å². The molecular formula is C24H29N5O. The number of rotatable bonds is 6. The van der Waals surface area contributed by atoms with Gasteiger partial charge in [-0.15, -0.1) is 10.2 Å². The van der Waals surface area contributed by atoms with E-state index in [4.69, 9.17) is 0 Å². The van der Waals surface area contributed by atoms with Crippen molar-refractivity contribution in [2.45, 2.75) is 46.1 Å². The first-order chi connectivity index (χ1) is 14.7. The fourth-order valence-corrected chi connectivity index (χ4v) is 3.98. The lowest BCUT2D eigenvalue weighted by atomic mass is 10.1. The number of likely N-dealkylation sites (N-methyl/N-ethyl adjacent to an activating group) is 1. The van der Waals surface area contributed by atoms with E-state index in [0.717, 1.165) is 60.1 Å². The van der Waals surface area contributed by atoms with Crippen LogP contribution in [0.15, 0.2) is 48.5 Å². The van der Waals surface area contributed by atoms with Gasteiger partial charge in [-0.2, -0.15) is 0 Å². The Hall–Kier alpha value is -3.15. The number of amides is 1. The molecule has 0 unspecified atom stereocenters. The summed E-state index contributed by atoms with van der Waals surface area (Å²) in [5.74, 6) is 1.93. The number of anilines is 2. The molecule has 2 aromatic carbocycles. The molecule has 1 aliphatic heterocycles. The molecule has 0 saturated carbocycles. The van der Waals surface area contributed by atoms with Crippen molar-refractivity contribution < 1.29 is 4.79 Å². The summed E-state index contributed by atoms with van der Waals surface area (Å²) < 4.78 is 2.23. The lowest BCUT2D eigenvalue weighted by molar-refractivity contribution is -0.115. The third-order valence-electron chi connectivity index (χ3n) is 5.72. The van der Waals surface area contributed by atoms with Gasteiger partial charge in [0.2, 0.25) is 5.91 Å². The molecule has 30 heavy (non-hydrogen) atoms. The van der Waals surface area contributed by atoms with E-state index >= 15 is 0 Å². The zero-order valence-corrected chi connectivity index (χ0v) is 17.8. The summed E-state index contributed by atoms with van der Waals surface area (Å²) in [5, 5.41) is 12.0. The molecule has 0 fully saturated rings. The Morgan fingerprint density at radius 1 is 1.10 bits per heavy atom. The van der Waals surface area contributed by atoms with Crippen LogP contribution in [0.5, 0.6) is 0 Å². The number of hydrogen-bond donors (Lipinski definition) is 1. The van der Waals surface area contributed by atoms with Gasteiger partial charge in [-0.05, 0) is 50.5 Å². The van der Waals surface area contributed by atoms with E-state index in [1.165, 1.54) is 12.8 Å². The number of aryl methyl sites for hydroxylation is 2. The Bertz CT molecular complexity index is 1010. The van der Waals surface area contributed by atoms with Gasteiger partial charge in [0.1, 0.15) is 5.82 Å². The summed E-state index contributed by atoms with van der Waals surface area (Å²) >= 11 is 0. The highest BCUT2D eigenvalue weighted by Crippen LogP contribution is 2.27. The lowest BCUT2D eigenvalue weighted by Gasteiger charge is -2.22. The Morgan fingerprint density at radius 3 is 2.73 bits per heavy atom. The second-order valence-electron chi connectivity index (χ2n) is 7.83. The van der Waals surface area contributed by atoms with Crippen molar-refractivity contribution in [3.63, 3.8) is 0 Å². The normalized spacial score (nSPS) is 13.4. The number of para-hydroxylation sites is 1. The van der Waals surface area contributed by atoms with E-state index in [0.29, 0.717) is 6.54 Å². The molecule has 0 spiro atoms. The van der Waals surface area contributed by atoms with Crippen LogP contribution in [0.3, 0.4) is 0 Å². The van der Waals surface area contributed by atoms with Crippen LogP contribution in [0, 0.1) is 6.92 Å². The van der Waals surface area contributed by atoms with E-state index in [-0.39, 0.29) is 5.91 Å². The highest BCUT2D eigenvalue weighted by molar-refractivity contribution is 5.95. The van der Waals surface area contributed by atoms with Gasteiger partial charge in [-0.1, -0.05) is 36.8 Å². The highest BCUT2D eigenvalue weighted by atomic mass is 16.2. The number of carbonyl (C=O) groups excluding carboxylic acids is 1. The van der Waals surface area contributed by atoms with E-state index in [1.54, 1.807) is 0 Å². The number of nitrogens with zero attached hydrogens (tertiary/aromatic N) is 4. The van der Waals surface area contributed by atoms with Gasteiger partial charge >= 0.3 is 0 Å². The van der Waals surface area contributed by atoms with E-state index in [9.17, 15) is 4.79 Å². The summed E-state index contributed by atoms with van der Waals surface area (Å²) in [7, 11) is 0. The molecule has 0 atom stereocenters. The topological polar surface area (TPSA) is 63.1 Å². The molecule has 1 aromatic heterocycles. The maximum atomic E-state index is 12.8. The number of aromatic nitrogens is 3. The quantitative estimate of drug-likeness (QED) is 0.661. The number of nitrogens with one attached hydrogen (secondary N) is 1. The molecule has 6 nitrogen and oxygen atoms in total. The summed E-state index contributed by atoms with van der Waals surface area (Å²) in [5.41, 5.74) is 3.90. The first-order valence-corrected chi connectivity index (χ1v) is 10.8. The first-order valence-electron chi connectivity index (χ1n) is 10.8. The van der Waals surface area contributed by atoms with Crippen LogP contribution in [0.25, 0.3) is 11.4 Å².